The highest BCUT2D eigenvalue weighted by Gasteiger charge is 2.22. The molecule has 1 aliphatic rings. The van der Waals surface area contributed by atoms with Gasteiger partial charge in [0, 0.05) is 12.0 Å². The smallest absolute Gasteiger partial charge is 0.275 e. The molecule has 0 bridgehead atoms. The van der Waals surface area contributed by atoms with Crippen molar-refractivity contribution in [1.29, 1.82) is 0 Å². The third-order valence-corrected chi connectivity index (χ3v) is 5.38. The maximum atomic E-state index is 12.6. The highest BCUT2D eigenvalue weighted by Crippen LogP contribution is 2.23. The zero-order valence-corrected chi connectivity index (χ0v) is 15.2. The number of carbonyl (C=O) groups is 1. The minimum absolute atomic E-state index is 0.00470. The molecule has 3 aromatic rings. The monoisotopic (exact) mass is 345 g/mol. The van der Waals surface area contributed by atoms with E-state index in [0.29, 0.717) is 6.54 Å². The number of hydrogen-bond donors (Lipinski definition) is 2. The van der Waals surface area contributed by atoms with E-state index in [4.69, 9.17) is 0 Å². The molecule has 0 aromatic heterocycles. The molecule has 3 nitrogen and oxygen atoms in total. The highest BCUT2D eigenvalue weighted by molar-refractivity contribution is 5.87. The van der Waals surface area contributed by atoms with Gasteiger partial charge in [0.1, 0.15) is 6.54 Å². The first-order valence-electron chi connectivity index (χ1n) is 9.38. The second-order valence-corrected chi connectivity index (χ2v) is 7.23. The fraction of sp³-hybridized carbons (Fsp3) is 0.261. The second kappa shape index (κ2) is 7.30. The highest BCUT2D eigenvalue weighted by atomic mass is 16.2. The molecule has 0 radical (unpaired) electrons. The third-order valence-electron chi connectivity index (χ3n) is 5.38. The van der Waals surface area contributed by atoms with Crippen LogP contribution in [0.3, 0.4) is 0 Å². The maximum Gasteiger partial charge on any atom is 0.275 e. The molecule has 3 aromatic carbocycles. The first kappa shape index (κ1) is 16.8. The number of amides is 1. The van der Waals surface area contributed by atoms with E-state index in [2.05, 4.69) is 72.9 Å². The molecule has 0 saturated heterocycles. The summed E-state index contributed by atoms with van der Waals surface area (Å²) in [6.07, 6.45) is 1.05. The van der Waals surface area contributed by atoms with E-state index in [9.17, 15) is 4.79 Å². The number of hydrogen-bond acceptors (Lipinski definition) is 1. The van der Waals surface area contributed by atoms with Crippen LogP contribution >= 0.6 is 0 Å². The van der Waals surface area contributed by atoms with Gasteiger partial charge in [-0.2, -0.15) is 0 Å². The predicted octanol–water partition coefficient (Wildman–Crippen LogP) is 2.66. The number of quaternary nitrogens is 1. The fourth-order valence-electron chi connectivity index (χ4n) is 4.02. The second-order valence-electron chi connectivity index (χ2n) is 7.23. The average molecular weight is 345 g/mol. The van der Waals surface area contributed by atoms with Crippen LogP contribution in [0, 0.1) is 0 Å². The van der Waals surface area contributed by atoms with Crippen molar-refractivity contribution in [2.45, 2.75) is 25.9 Å². The summed E-state index contributed by atoms with van der Waals surface area (Å²) in [6.45, 7) is 4.56. The van der Waals surface area contributed by atoms with Crippen LogP contribution in [0.2, 0.25) is 0 Å². The summed E-state index contributed by atoms with van der Waals surface area (Å²) in [5, 5.41) is 5.62. The predicted molar refractivity (Wildman–Crippen MR) is 105 cm³/mol. The van der Waals surface area contributed by atoms with Crippen LogP contribution in [0.15, 0.2) is 66.7 Å². The number of fused-ring (bicyclic) bond motifs is 2. The minimum Gasteiger partial charge on any atom is -0.345 e. The van der Waals surface area contributed by atoms with Crippen molar-refractivity contribution in [3.63, 3.8) is 0 Å². The van der Waals surface area contributed by atoms with Crippen LogP contribution in [0.4, 0.5) is 0 Å². The largest absolute Gasteiger partial charge is 0.345 e. The Kier molecular flexibility index (Phi) is 4.72. The molecule has 3 heteroatoms. The van der Waals surface area contributed by atoms with Gasteiger partial charge in [-0.3, -0.25) is 4.79 Å². The number of nitrogens with one attached hydrogen (secondary N) is 2. The van der Waals surface area contributed by atoms with Crippen molar-refractivity contribution in [2.75, 3.05) is 13.1 Å². The molecule has 0 aliphatic carbocycles. The van der Waals surface area contributed by atoms with E-state index < -0.39 is 0 Å². The zero-order chi connectivity index (χ0) is 17.9. The number of carbonyl (C=O) groups excluding carboxylic acids is 1. The van der Waals surface area contributed by atoms with Gasteiger partial charge in [0.25, 0.3) is 5.91 Å². The van der Waals surface area contributed by atoms with Crippen molar-refractivity contribution in [2.24, 2.45) is 0 Å². The fourth-order valence-corrected chi connectivity index (χ4v) is 4.02. The summed E-state index contributed by atoms with van der Waals surface area (Å²) in [4.78, 5) is 14.0. The van der Waals surface area contributed by atoms with Gasteiger partial charge in [0.15, 0.2) is 6.54 Å². The van der Waals surface area contributed by atoms with E-state index in [1.165, 1.54) is 32.4 Å². The van der Waals surface area contributed by atoms with Crippen LogP contribution in [-0.2, 0) is 17.8 Å². The Labute approximate surface area is 154 Å². The lowest BCUT2D eigenvalue weighted by atomic mass is 9.99. The summed E-state index contributed by atoms with van der Waals surface area (Å²) < 4.78 is 0. The molecule has 1 aliphatic heterocycles. The Morgan fingerprint density at radius 3 is 2.62 bits per heavy atom. The molecule has 132 valence electrons. The standard InChI is InChI=1S/C23H24N2O/c1-17(21-12-6-10-19-8-4-5-11-22(19)21)24-23(26)16-25-14-13-18-7-2-3-9-20(18)15-25/h2-12,17H,13-16H2,1H3,(H,24,26)/p+1/t17-/m0/s1. The molecule has 2 atom stereocenters. The molecule has 1 amide bonds. The van der Waals surface area contributed by atoms with Crippen LogP contribution in [-0.4, -0.2) is 19.0 Å². The van der Waals surface area contributed by atoms with Crippen molar-refractivity contribution >= 4 is 16.7 Å². The molecule has 0 saturated carbocycles. The molecule has 2 N–H and O–H groups in total. The quantitative estimate of drug-likeness (QED) is 0.749. The van der Waals surface area contributed by atoms with E-state index >= 15 is 0 Å². The van der Waals surface area contributed by atoms with Crippen LogP contribution < -0.4 is 10.2 Å². The molecule has 0 spiro atoms. The Bertz CT molecular complexity index is 929. The van der Waals surface area contributed by atoms with Crippen LogP contribution in [0.5, 0.6) is 0 Å². The molecule has 1 unspecified atom stereocenters. The number of benzene rings is 3. The van der Waals surface area contributed by atoms with Crippen molar-refractivity contribution in [1.82, 2.24) is 5.32 Å². The van der Waals surface area contributed by atoms with Gasteiger partial charge in [0.2, 0.25) is 0 Å². The van der Waals surface area contributed by atoms with Gasteiger partial charge >= 0.3 is 0 Å². The van der Waals surface area contributed by atoms with Crippen molar-refractivity contribution in [3.05, 3.63) is 83.4 Å². The number of rotatable bonds is 4. The summed E-state index contributed by atoms with van der Waals surface area (Å²) in [5.41, 5.74) is 3.99. The normalized spacial score (nSPS) is 17.5. The molecular formula is C23H25N2O+. The van der Waals surface area contributed by atoms with Gasteiger partial charge in [-0.15, -0.1) is 0 Å². The maximum absolute atomic E-state index is 12.6. The average Bonchev–Trinajstić information content (AvgIpc) is 2.67. The minimum atomic E-state index is 0.00470. The molecule has 4 rings (SSSR count). The van der Waals surface area contributed by atoms with Crippen molar-refractivity contribution < 1.29 is 9.69 Å². The molecule has 26 heavy (non-hydrogen) atoms. The summed E-state index contributed by atoms with van der Waals surface area (Å²) in [7, 11) is 0. The van der Waals surface area contributed by atoms with Gasteiger partial charge in [-0.1, -0.05) is 66.7 Å². The topological polar surface area (TPSA) is 33.5 Å². The van der Waals surface area contributed by atoms with Gasteiger partial charge < -0.3 is 10.2 Å². The SMILES string of the molecule is C[C@H](NC(=O)C[NH+]1CCc2ccccc2C1)c1cccc2ccccc12. The van der Waals surface area contributed by atoms with Gasteiger partial charge in [0.05, 0.1) is 12.6 Å². The first-order valence-corrected chi connectivity index (χ1v) is 9.38. The lowest BCUT2D eigenvalue weighted by Gasteiger charge is -2.26. The molecule has 0 fully saturated rings. The first-order chi connectivity index (χ1) is 12.7. The zero-order valence-electron chi connectivity index (χ0n) is 15.2. The van der Waals surface area contributed by atoms with Gasteiger partial charge in [-0.05, 0) is 28.8 Å². The summed E-state index contributed by atoms with van der Waals surface area (Å²) >= 11 is 0. The Balaban J connectivity index is 1.42. The summed E-state index contributed by atoms with van der Waals surface area (Å²) in [6, 6.07) is 23.2. The molecule has 1 heterocycles. The van der Waals surface area contributed by atoms with Crippen LogP contribution in [0.25, 0.3) is 10.8 Å². The summed E-state index contributed by atoms with van der Waals surface area (Å²) in [5.74, 6) is 0.125. The lowest BCUT2D eigenvalue weighted by molar-refractivity contribution is -0.908. The van der Waals surface area contributed by atoms with E-state index in [1.54, 1.807) is 0 Å². The molecular weight excluding hydrogens is 320 g/mol. The Hall–Kier alpha value is -2.65. The Morgan fingerprint density at radius 2 is 1.73 bits per heavy atom. The van der Waals surface area contributed by atoms with Crippen molar-refractivity contribution in [3.8, 4) is 0 Å². The van der Waals surface area contributed by atoms with E-state index in [-0.39, 0.29) is 11.9 Å². The third kappa shape index (κ3) is 3.49. The van der Waals surface area contributed by atoms with E-state index in [1.807, 2.05) is 6.07 Å². The van der Waals surface area contributed by atoms with Gasteiger partial charge in [-0.25, -0.2) is 0 Å². The lowest BCUT2D eigenvalue weighted by Crippen LogP contribution is -3.12. The Morgan fingerprint density at radius 1 is 1.00 bits per heavy atom. The van der Waals surface area contributed by atoms with E-state index in [0.717, 1.165) is 19.5 Å². The van der Waals surface area contributed by atoms with Crippen LogP contribution in [0.1, 0.15) is 29.7 Å².